The van der Waals surface area contributed by atoms with Crippen LogP contribution in [0.25, 0.3) is 10.9 Å². The van der Waals surface area contributed by atoms with E-state index in [0.29, 0.717) is 34.9 Å². The maximum Gasteiger partial charge on any atom is 0.356 e. The molecule has 1 spiro atoms. The van der Waals surface area contributed by atoms with E-state index in [4.69, 9.17) is 28.2 Å². The Morgan fingerprint density at radius 3 is 2.64 bits per heavy atom. The van der Waals surface area contributed by atoms with Crippen LogP contribution in [-0.4, -0.2) is 31.5 Å². The molecule has 1 fully saturated rings. The number of anilines is 1. The van der Waals surface area contributed by atoms with Crippen LogP contribution in [0.3, 0.4) is 0 Å². The van der Waals surface area contributed by atoms with Crippen molar-refractivity contribution in [2.24, 2.45) is 0 Å². The second kappa shape index (κ2) is 7.36. The molecule has 0 saturated heterocycles. The fraction of sp³-hybridized carbons (Fsp3) is 0.364. The molecule has 0 unspecified atom stereocenters. The number of carboxylic acids is 1. The predicted octanol–water partition coefficient (Wildman–Crippen LogP) is 5.04. The lowest BCUT2D eigenvalue weighted by Crippen LogP contribution is -2.49. The molecule has 0 bridgehead atoms. The number of carboxylic acid groups (broad SMARTS) is 1. The van der Waals surface area contributed by atoms with E-state index < -0.39 is 23.3 Å². The molecule has 0 amide bonds. The van der Waals surface area contributed by atoms with Gasteiger partial charge in [-0.25, -0.2) is 23.5 Å². The number of rotatable bonds is 4. The highest BCUT2D eigenvalue weighted by Gasteiger charge is 2.61. The van der Waals surface area contributed by atoms with E-state index in [0.717, 1.165) is 0 Å². The molecule has 33 heavy (non-hydrogen) atoms. The van der Waals surface area contributed by atoms with Gasteiger partial charge in [-0.15, -0.1) is 0 Å². The van der Waals surface area contributed by atoms with E-state index in [9.17, 15) is 23.5 Å². The number of alkyl halides is 2. The van der Waals surface area contributed by atoms with Gasteiger partial charge < -0.3 is 10.4 Å². The quantitative estimate of drug-likeness (QED) is 0.493. The van der Waals surface area contributed by atoms with Gasteiger partial charge in [0.2, 0.25) is 5.92 Å². The first-order valence-corrected chi connectivity index (χ1v) is 11.0. The average molecular weight is 495 g/mol. The van der Waals surface area contributed by atoms with Crippen molar-refractivity contribution in [1.82, 2.24) is 14.5 Å². The van der Waals surface area contributed by atoms with Crippen molar-refractivity contribution in [1.29, 1.82) is 0 Å². The molecule has 1 aliphatic carbocycles. The number of carbonyl (C=O) groups is 1. The Labute approximate surface area is 196 Å². The predicted molar refractivity (Wildman–Crippen MR) is 120 cm³/mol. The van der Waals surface area contributed by atoms with E-state index in [-0.39, 0.29) is 40.3 Å². The highest BCUT2D eigenvalue weighted by molar-refractivity contribution is 6.31. The molecule has 3 heterocycles. The monoisotopic (exact) mass is 494 g/mol. The molecular weight excluding hydrogens is 477 g/mol. The third kappa shape index (κ3) is 3.54. The normalized spacial score (nSPS) is 18.7. The van der Waals surface area contributed by atoms with Crippen LogP contribution in [0.5, 0.6) is 0 Å². The summed E-state index contributed by atoms with van der Waals surface area (Å²) in [7, 11) is 0. The Balaban J connectivity index is 1.63. The molecule has 1 aliphatic heterocycles. The molecule has 3 aromatic rings. The maximum absolute atomic E-state index is 13.8. The minimum absolute atomic E-state index is 0.0339. The number of hydrogen-bond donors (Lipinski definition) is 2. The Bertz CT molecular complexity index is 1380. The first-order chi connectivity index (χ1) is 15.5. The zero-order valence-electron chi connectivity index (χ0n) is 17.3. The van der Waals surface area contributed by atoms with Crippen molar-refractivity contribution >= 4 is 45.8 Å². The average Bonchev–Trinajstić information content (AvgIpc) is 3.07. The van der Waals surface area contributed by atoms with E-state index in [1.165, 1.54) is 22.8 Å². The molecule has 0 radical (unpaired) electrons. The van der Waals surface area contributed by atoms with Gasteiger partial charge in [0.1, 0.15) is 11.0 Å². The number of aromatic carboxylic acids is 1. The SMILES string of the molecule is C[C@@H](Nc1ccc(Cl)nc1C(=O)O)c1cc(Cl)cc2c(=O)n3c(nc12)C1(CC3)CC(F)(F)C1. The van der Waals surface area contributed by atoms with E-state index in [1.807, 2.05) is 0 Å². The van der Waals surface area contributed by atoms with Crippen LogP contribution < -0.4 is 10.9 Å². The molecule has 1 aromatic carbocycles. The number of aromatic nitrogens is 3. The standard InChI is InChI=1S/C22H18Cl2F2N4O3/c1-10(27-14-2-3-15(24)28-17(14)19(32)33)12-6-11(23)7-13-16(12)29-20-21(8-22(25,26)9-21)4-5-30(20)18(13)31/h2-3,6-7,10,27H,4-5,8-9H2,1H3,(H,32,33)/t10-/m1/s1. The van der Waals surface area contributed by atoms with Crippen LogP contribution in [0, 0.1) is 0 Å². The van der Waals surface area contributed by atoms with Crippen molar-refractivity contribution in [2.45, 2.75) is 50.1 Å². The van der Waals surface area contributed by atoms with Crippen LogP contribution in [0.1, 0.15) is 54.1 Å². The van der Waals surface area contributed by atoms with Gasteiger partial charge in [0.15, 0.2) is 5.69 Å². The summed E-state index contributed by atoms with van der Waals surface area (Å²) in [6.45, 7) is 2.09. The fourth-order valence-corrected chi connectivity index (χ4v) is 5.37. The zero-order valence-corrected chi connectivity index (χ0v) is 18.8. The summed E-state index contributed by atoms with van der Waals surface area (Å²) in [4.78, 5) is 33.4. The summed E-state index contributed by atoms with van der Waals surface area (Å²) in [5, 5.41) is 13.2. The number of nitrogens with one attached hydrogen (secondary N) is 1. The van der Waals surface area contributed by atoms with Gasteiger partial charge in [0, 0.05) is 35.4 Å². The third-order valence-corrected chi connectivity index (χ3v) is 6.87. The summed E-state index contributed by atoms with van der Waals surface area (Å²) in [5.74, 6) is -3.64. The lowest BCUT2D eigenvalue weighted by molar-refractivity contribution is -0.127. The van der Waals surface area contributed by atoms with Crippen molar-refractivity contribution in [3.8, 4) is 0 Å². The van der Waals surface area contributed by atoms with Crippen LogP contribution in [0.2, 0.25) is 10.2 Å². The number of fused-ring (bicyclic) bond motifs is 3. The Kier molecular flexibility index (Phi) is 4.92. The second-order valence-electron chi connectivity index (χ2n) is 8.72. The van der Waals surface area contributed by atoms with Gasteiger partial charge in [0.05, 0.1) is 22.6 Å². The maximum atomic E-state index is 13.8. The Morgan fingerprint density at radius 2 is 1.97 bits per heavy atom. The number of hydrogen-bond acceptors (Lipinski definition) is 5. The van der Waals surface area contributed by atoms with Crippen molar-refractivity contribution in [2.75, 3.05) is 5.32 Å². The molecule has 1 saturated carbocycles. The minimum atomic E-state index is -2.76. The topological polar surface area (TPSA) is 97.1 Å². The summed E-state index contributed by atoms with van der Waals surface area (Å²) in [6, 6.07) is 5.56. The number of halogens is 4. The molecule has 11 heteroatoms. The van der Waals surface area contributed by atoms with Crippen LogP contribution in [0.15, 0.2) is 29.1 Å². The van der Waals surface area contributed by atoms with Crippen LogP contribution in [-0.2, 0) is 12.0 Å². The van der Waals surface area contributed by atoms with Crippen LogP contribution >= 0.6 is 23.2 Å². The molecule has 2 aliphatic rings. The molecule has 7 nitrogen and oxygen atoms in total. The van der Waals surface area contributed by atoms with Gasteiger partial charge in [0.25, 0.3) is 5.56 Å². The van der Waals surface area contributed by atoms with Crippen LogP contribution in [0.4, 0.5) is 14.5 Å². The number of benzene rings is 1. The molecule has 1 atom stereocenters. The van der Waals surface area contributed by atoms with Gasteiger partial charge in [-0.3, -0.25) is 9.36 Å². The molecule has 2 aromatic heterocycles. The summed E-state index contributed by atoms with van der Waals surface area (Å²) in [5.41, 5.74) is -0.271. The zero-order chi connectivity index (χ0) is 23.7. The lowest BCUT2D eigenvalue weighted by Gasteiger charge is -2.43. The molecule has 2 N–H and O–H groups in total. The van der Waals surface area contributed by atoms with Crippen molar-refractivity contribution < 1.29 is 18.7 Å². The number of nitrogens with zero attached hydrogens (tertiary/aromatic N) is 3. The molecular formula is C22H18Cl2F2N4O3. The lowest BCUT2D eigenvalue weighted by atomic mass is 9.65. The Morgan fingerprint density at radius 1 is 1.24 bits per heavy atom. The highest BCUT2D eigenvalue weighted by atomic mass is 35.5. The second-order valence-corrected chi connectivity index (χ2v) is 9.55. The first-order valence-electron chi connectivity index (χ1n) is 10.3. The largest absolute Gasteiger partial charge is 0.476 e. The fourth-order valence-electron chi connectivity index (χ4n) is 5.00. The highest BCUT2D eigenvalue weighted by Crippen LogP contribution is 2.57. The Hall–Kier alpha value is -2.78. The van der Waals surface area contributed by atoms with Gasteiger partial charge in [-0.1, -0.05) is 23.2 Å². The first kappa shape index (κ1) is 22.0. The summed E-state index contributed by atoms with van der Waals surface area (Å²) in [6.07, 6.45) is -0.212. The number of pyridine rings is 1. The van der Waals surface area contributed by atoms with Crippen molar-refractivity contribution in [3.63, 3.8) is 0 Å². The minimum Gasteiger partial charge on any atom is -0.476 e. The summed E-state index contributed by atoms with van der Waals surface area (Å²) >= 11 is 12.1. The third-order valence-electron chi connectivity index (χ3n) is 6.44. The van der Waals surface area contributed by atoms with Gasteiger partial charge in [-0.05, 0) is 37.6 Å². The summed E-state index contributed by atoms with van der Waals surface area (Å²) < 4.78 is 29.0. The molecule has 172 valence electrons. The van der Waals surface area contributed by atoms with E-state index in [2.05, 4.69) is 10.3 Å². The molecule has 5 rings (SSSR count). The van der Waals surface area contributed by atoms with Gasteiger partial charge >= 0.3 is 5.97 Å². The van der Waals surface area contributed by atoms with Gasteiger partial charge in [-0.2, -0.15) is 0 Å². The van der Waals surface area contributed by atoms with E-state index >= 15 is 0 Å². The smallest absolute Gasteiger partial charge is 0.356 e. The van der Waals surface area contributed by atoms with Crippen molar-refractivity contribution in [3.05, 3.63) is 61.9 Å². The van der Waals surface area contributed by atoms with E-state index in [1.54, 1.807) is 13.0 Å².